The number of ketones is 1. The lowest BCUT2D eigenvalue weighted by molar-refractivity contribution is 0.0557. The topological polar surface area (TPSA) is 106 Å². The molecule has 7 nitrogen and oxygen atoms in total. The quantitative estimate of drug-likeness (QED) is 0.481. The van der Waals surface area contributed by atoms with Crippen LogP contribution in [-0.2, 0) is 4.74 Å². The maximum absolute atomic E-state index is 12.0. The molecule has 0 fully saturated rings. The third kappa shape index (κ3) is 4.26. The lowest BCUT2D eigenvalue weighted by Gasteiger charge is -2.06. The summed E-state index contributed by atoms with van der Waals surface area (Å²) in [5, 5.41) is 8.90. The van der Waals surface area contributed by atoms with E-state index in [0.29, 0.717) is 0 Å². The summed E-state index contributed by atoms with van der Waals surface area (Å²) in [4.78, 5) is 42.1. The molecule has 122 valence electrons. The van der Waals surface area contributed by atoms with Crippen LogP contribution >= 0.6 is 12.2 Å². The molecule has 2 heterocycles. The van der Waals surface area contributed by atoms with E-state index in [0.717, 1.165) is 0 Å². The van der Waals surface area contributed by atoms with Crippen LogP contribution in [0.3, 0.4) is 0 Å². The summed E-state index contributed by atoms with van der Waals surface area (Å²) < 4.78 is 5.04. The Bertz CT molecular complexity index is 765. The van der Waals surface area contributed by atoms with Gasteiger partial charge in [0.25, 0.3) is 0 Å². The van der Waals surface area contributed by atoms with Crippen LogP contribution in [0.5, 0.6) is 0 Å². The number of carbonyl (C=O) groups is 3. The Hall–Kier alpha value is -3.00. The number of hydrogen-bond donors (Lipinski definition) is 1. The van der Waals surface area contributed by atoms with Crippen molar-refractivity contribution in [3.05, 3.63) is 59.2 Å². The number of aromatic nitrogens is 2. The van der Waals surface area contributed by atoms with Crippen LogP contribution in [-0.4, -0.2) is 44.3 Å². The van der Waals surface area contributed by atoms with Crippen LogP contribution in [0.2, 0.25) is 0 Å². The average Bonchev–Trinajstić information content (AvgIpc) is 2.59. The van der Waals surface area contributed by atoms with Gasteiger partial charge in [0, 0.05) is 6.92 Å². The van der Waals surface area contributed by atoms with Gasteiger partial charge < -0.3 is 9.84 Å². The van der Waals surface area contributed by atoms with E-state index >= 15 is 0 Å². The van der Waals surface area contributed by atoms with E-state index in [-0.39, 0.29) is 40.0 Å². The van der Waals surface area contributed by atoms with Crippen LogP contribution < -0.4 is 0 Å². The zero-order chi connectivity index (χ0) is 17.7. The number of esters is 1. The third-order valence-electron chi connectivity index (χ3n) is 2.91. The molecule has 0 spiro atoms. The summed E-state index contributed by atoms with van der Waals surface area (Å²) in [7, 11) is 0. The molecule has 2 rings (SSSR count). The van der Waals surface area contributed by atoms with Crippen LogP contribution in [0.25, 0.3) is 0 Å². The van der Waals surface area contributed by atoms with E-state index in [2.05, 4.69) is 9.97 Å². The smallest absolute Gasteiger partial charge is 0.357 e. The van der Waals surface area contributed by atoms with Crippen molar-refractivity contribution in [2.24, 2.45) is 0 Å². The number of aromatic carboxylic acids is 1. The molecule has 0 saturated heterocycles. The molecule has 0 unspecified atom stereocenters. The van der Waals surface area contributed by atoms with Crippen LogP contribution in [0.4, 0.5) is 0 Å². The van der Waals surface area contributed by atoms with Gasteiger partial charge in [-0.25, -0.2) is 19.6 Å². The Balaban J connectivity index is 2.05. The maximum atomic E-state index is 12.0. The molecule has 0 amide bonds. The predicted octanol–water partition coefficient (Wildman–Crippen LogP) is 1.95. The van der Waals surface area contributed by atoms with Crippen LogP contribution in [0.15, 0.2) is 36.4 Å². The monoisotopic (exact) mass is 344 g/mol. The first-order valence-electron chi connectivity index (χ1n) is 6.77. The first-order chi connectivity index (χ1) is 11.4. The Morgan fingerprint density at radius 1 is 1.00 bits per heavy atom. The van der Waals surface area contributed by atoms with Gasteiger partial charge in [-0.05, 0) is 24.3 Å². The molecule has 0 aliphatic heterocycles. The lowest BCUT2D eigenvalue weighted by Crippen LogP contribution is -2.17. The fraction of sp³-hybridized carbons (Fsp3) is 0.125. The molecule has 2 aromatic rings. The number of carboxylic acids is 1. The van der Waals surface area contributed by atoms with Crippen molar-refractivity contribution >= 4 is 34.8 Å². The molecule has 0 aliphatic rings. The van der Waals surface area contributed by atoms with E-state index in [1.54, 1.807) is 0 Å². The van der Waals surface area contributed by atoms with Crippen molar-refractivity contribution in [3.63, 3.8) is 0 Å². The van der Waals surface area contributed by atoms with Gasteiger partial charge in [-0.15, -0.1) is 0 Å². The van der Waals surface area contributed by atoms with Gasteiger partial charge in [0.05, 0.1) is 10.6 Å². The molecule has 2 aromatic heterocycles. The number of rotatable bonds is 6. The number of nitrogens with zero attached hydrogens (tertiary/aromatic N) is 2. The second kappa shape index (κ2) is 7.51. The Labute approximate surface area is 142 Å². The number of pyridine rings is 2. The molecule has 24 heavy (non-hydrogen) atoms. The third-order valence-corrected chi connectivity index (χ3v) is 3.23. The van der Waals surface area contributed by atoms with E-state index in [1.807, 2.05) is 0 Å². The normalized spacial score (nSPS) is 10.0. The Morgan fingerprint density at radius 3 is 2.17 bits per heavy atom. The second-order valence-corrected chi connectivity index (χ2v) is 5.17. The van der Waals surface area contributed by atoms with Crippen molar-refractivity contribution in [2.75, 3.05) is 6.61 Å². The summed E-state index contributed by atoms with van der Waals surface area (Å²) in [5.74, 6) is -2.19. The highest BCUT2D eigenvalue weighted by molar-refractivity contribution is 7.80. The van der Waals surface area contributed by atoms with Crippen molar-refractivity contribution < 1.29 is 24.2 Å². The highest BCUT2D eigenvalue weighted by Crippen LogP contribution is 2.06. The van der Waals surface area contributed by atoms with Gasteiger partial charge in [0.2, 0.25) is 0 Å². The minimum Gasteiger partial charge on any atom is -0.477 e. The first kappa shape index (κ1) is 17.4. The first-order valence-corrected chi connectivity index (χ1v) is 7.18. The van der Waals surface area contributed by atoms with Crippen molar-refractivity contribution in [1.29, 1.82) is 0 Å². The molecule has 0 aliphatic carbocycles. The van der Waals surface area contributed by atoms with Crippen molar-refractivity contribution in [2.45, 2.75) is 6.92 Å². The average molecular weight is 344 g/mol. The SMILES string of the molecule is CC(=O)c1cccc(C(=O)OCC(=S)c2cccc(C(=O)O)n2)n1. The van der Waals surface area contributed by atoms with Gasteiger partial charge in [-0.3, -0.25) is 4.79 Å². The number of ether oxygens (including phenoxy) is 1. The fourth-order valence-corrected chi connectivity index (χ4v) is 1.91. The zero-order valence-electron chi connectivity index (χ0n) is 12.6. The predicted molar refractivity (Wildman–Crippen MR) is 87.4 cm³/mol. The molecule has 1 N–H and O–H groups in total. The number of carboxylic acid groups (broad SMARTS) is 1. The minimum atomic E-state index is -1.18. The van der Waals surface area contributed by atoms with Crippen molar-refractivity contribution in [3.8, 4) is 0 Å². The van der Waals surface area contributed by atoms with Crippen LogP contribution in [0.1, 0.15) is 44.1 Å². The minimum absolute atomic E-state index is 0.0160. The van der Waals surface area contributed by atoms with Gasteiger partial charge in [-0.2, -0.15) is 0 Å². The summed E-state index contributed by atoms with van der Waals surface area (Å²) in [6, 6.07) is 8.79. The largest absolute Gasteiger partial charge is 0.477 e. The van der Waals surface area contributed by atoms with E-state index in [1.165, 1.54) is 43.3 Å². The summed E-state index contributed by atoms with van der Waals surface area (Å²) in [5.41, 5.74) is 0.223. The van der Waals surface area contributed by atoms with E-state index < -0.39 is 11.9 Å². The second-order valence-electron chi connectivity index (χ2n) is 4.68. The van der Waals surface area contributed by atoms with Gasteiger partial charge >= 0.3 is 11.9 Å². The molecule has 0 radical (unpaired) electrons. The highest BCUT2D eigenvalue weighted by atomic mass is 32.1. The highest BCUT2D eigenvalue weighted by Gasteiger charge is 2.14. The molecule has 0 aromatic carbocycles. The van der Waals surface area contributed by atoms with Gasteiger partial charge in [-0.1, -0.05) is 24.4 Å². The molecule has 0 atom stereocenters. The molecule has 0 bridgehead atoms. The summed E-state index contributed by atoms with van der Waals surface area (Å²) in [6.07, 6.45) is 0. The summed E-state index contributed by atoms with van der Waals surface area (Å²) in [6.45, 7) is 1.09. The van der Waals surface area contributed by atoms with Crippen molar-refractivity contribution in [1.82, 2.24) is 9.97 Å². The van der Waals surface area contributed by atoms with E-state index in [4.69, 9.17) is 22.1 Å². The lowest BCUT2D eigenvalue weighted by atomic mass is 10.2. The standard InChI is InChI=1S/C16H12N2O5S/c1-9(19)10-4-2-7-13(17-10)16(22)23-8-14(24)11-5-3-6-12(18-11)15(20)21/h2-7H,8H2,1H3,(H,20,21). The molecule has 0 saturated carbocycles. The molecular formula is C16H12N2O5S. The number of hydrogen-bond acceptors (Lipinski definition) is 7. The number of thiocarbonyl (C=S) groups is 1. The van der Waals surface area contributed by atoms with Gasteiger partial charge in [0.15, 0.2) is 5.78 Å². The number of carbonyl (C=O) groups excluding carboxylic acids is 2. The van der Waals surface area contributed by atoms with E-state index in [9.17, 15) is 14.4 Å². The van der Waals surface area contributed by atoms with Crippen LogP contribution in [0, 0.1) is 0 Å². The fourth-order valence-electron chi connectivity index (χ4n) is 1.73. The molecular weight excluding hydrogens is 332 g/mol. The summed E-state index contributed by atoms with van der Waals surface area (Å²) >= 11 is 5.10. The zero-order valence-corrected chi connectivity index (χ0v) is 13.4. The molecule has 8 heteroatoms. The Morgan fingerprint density at radius 2 is 1.54 bits per heavy atom. The number of Topliss-reactive ketones (excluding diaryl/α,β-unsaturated/α-hetero) is 1. The van der Waals surface area contributed by atoms with Gasteiger partial charge in [0.1, 0.15) is 23.7 Å². The maximum Gasteiger partial charge on any atom is 0.357 e. The Kier molecular flexibility index (Phi) is 5.43.